The third-order valence-electron chi connectivity index (χ3n) is 2.95. The van der Waals surface area contributed by atoms with Gasteiger partial charge in [0.05, 0.1) is 11.7 Å². The number of aryl methyl sites for hydroxylation is 1. The Morgan fingerprint density at radius 1 is 1.29 bits per heavy atom. The van der Waals surface area contributed by atoms with Gasteiger partial charge in [0.15, 0.2) is 0 Å². The molecule has 0 aliphatic heterocycles. The zero-order chi connectivity index (χ0) is 15.4. The molecule has 1 atom stereocenters. The summed E-state index contributed by atoms with van der Waals surface area (Å²) in [7, 11) is 0. The molecule has 2 aromatic rings. The standard InChI is InChI=1S/C13H17N5O3/c1-3-17-6-4-10(15-17)9(2)14-13(21)11-5-7-18(16-11)8-12(19)20/h4-7,9H,3,8H2,1-2H3,(H,14,21)(H,19,20). The zero-order valence-corrected chi connectivity index (χ0v) is 11.9. The lowest BCUT2D eigenvalue weighted by Gasteiger charge is -2.10. The number of carbonyl (C=O) groups excluding carboxylic acids is 1. The van der Waals surface area contributed by atoms with E-state index in [1.807, 2.05) is 26.1 Å². The summed E-state index contributed by atoms with van der Waals surface area (Å²) >= 11 is 0. The van der Waals surface area contributed by atoms with Crippen molar-refractivity contribution in [2.24, 2.45) is 0 Å². The lowest BCUT2D eigenvalue weighted by Crippen LogP contribution is -2.27. The molecule has 0 bridgehead atoms. The maximum absolute atomic E-state index is 12.0. The highest BCUT2D eigenvalue weighted by molar-refractivity contribution is 5.92. The Balaban J connectivity index is 2.00. The molecule has 8 heteroatoms. The topological polar surface area (TPSA) is 102 Å². The van der Waals surface area contributed by atoms with Gasteiger partial charge in [-0.3, -0.25) is 19.0 Å². The summed E-state index contributed by atoms with van der Waals surface area (Å²) in [5, 5.41) is 19.7. The molecule has 0 aromatic carbocycles. The number of amides is 1. The maximum Gasteiger partial charge on any atom is 0.325 e. The average molecular weight is 291 g/mol. The minimum absolute atomic E-state index is 0.179. The first-order valence-electron chi connectivity index (χ1n) is 6.59. The van der Waals surface area contributed by atoms with Gasteiger partial charge in [0.2, 0.25) is 0 Å². The van der Waals surface area contributed by atoms with Crippen LogP contribution >= 0.6 is 0 Å². The zero-order valence-electron chi connectivity index (χ0n) is 11.9. The van der Waals surface area contributed by atoms with Gasteiger partial charge in [-0.2, -0.15) is 10.2 Å². The monoisotopic (exact) mass is 291 g/mol. The molecule has 112 valence electrons. The number of aliphatic carboxylic acids is 1. The van der Waals surface area contributed by atoms with Crippen molar-refractivity contribution < 1.29 is 14.7 Å². The van der Waals surface area contributed by atoms with Crippen molar-refractivity contribution in [2.75, 3.05) is 0 Å². The van der Waals surface area contributed by atoms with Gasteiger partial charge in [-0.15, -0.1) is 0 Å². The number of hydrogen-bond donors (Lipinski definition) is 2. The molecule has 0 aliphatic rings. The molecule has 2 N–H and O–H groups in total. The highest BCUT2D eigenvalue weighted by atomic mass is 16.4. The second-order valence-electron chi connectivity index (χ2n) is 4.58. The highest BCUT2D eigenvalue weighted by Crippen LogP contribution is 2.10. The molecule has 1 unspecified atom stereocenters. The van der Waals surface area contributed by atoms with Crippen LogP contribution in [0.2, 0.25) is 0 Å². The summed E-state index contributed by atoms with van der Waals surface area (Å²) in [5.41, 5.74) is 0.938. The van der Waals surface area contributed by atoms with Crippen molar-refractivity contribution in [2.45, 2.75) is 33.0 Å². The van der Waals surface area contributed by atoms with Gasteiger partial charge in [-0.05, 0) is 26.0 Å². The molecule has 0 saturated carbocycles. The van der Waals surface area contributed by atoms with E-state index in [4.69, 9.17) is 5.11 Å². The summed E-state index contributed by atoms with van der Waals surface area (Å²) in [6, 6.07) is 3.07. The van der Waals surface area contributed by atoms with E-state index >= 15 is 0 Å². The summed E-state index contributed by atoms with van der Waals surface area (Å²) in [6.07, 6.45) is 3.30. The van der Waals surface area contributed by atoms with Crippen LogP contribution in [0.3, 0.4) is 0 Å². The molecule has 2 heterocycles. The molecule has 2 rings (SSSR count). The predicted octanol–water partition coefficient (Wildman–Crippen LogP) is 0.675. The van der Waals surface area contributed by atoms with Crippen LogP contribution in [0.15, 0.2) is 24.5 Å². The first-order valence-corrected chi connectivity index (χ1v) is 6.59. The third kappa shape index (κ3) is 3.68. The van der Waals surface area contributed by atoms with E-state index in [0.717, 1.165) is 12.2 Å². The summed E-state index contributed by atoms with van der Waals surface area (Å²) in [5.74, 6) is -1.37. The Morgan fingerprint density at radius 2 is 2.00 bits per heavy atom. The van der Waals surface area contributed by atoms with Crippen molar-refractivity contribution in [3.63, 3.8) is 0 Å². The Kier molecular flexibility index (Phi) is 4.36. The van der Waals surface area contributed by atoms with Gasteiger partial charge < -0.3 is 10.4 Å². The van der Waals surface area contributed by atoms with Crippen molar-refractivity contribution in [1.82, 2.24) is 24.9 Å². The van der Waals surface area contributed by atoms with Gasteiger partial charge in [0, 0.05) is 18.9 Å². The van der Waals surface area contributed by atoms with Gasteiger partial charge in [-0.25, -0.2) is 0 Å². The molecule has 0 radical (unpaired) electrons. The molecular weight excluding hydrogens is 274 g/mol. The van der Waals surface area contributed by atoms with Crippen LogP contribution in [0.25, 0.3) is 0 Å². The molecular formula is C13H17N5O3. The number of hydrogen-bond acceptors (Lipinski definition) is 4. The van der Waals surface area contributed by atoms with Gasteiger partial charge in [-0.1, -0.05) is 0 Å². The Morgan fingerprint density at radius 3 is 2.62 bits per heavy atom. The number of nitrogens with one attached hydrogen (secondary N) is 1. The Bertz CT molecular complexity index is 646. The molecule has 2 aromatic heterocycles. The van der Waals surface area contributed by atoms with Gasteiger partial charge in [0.25, 0.3) is 5.91 Å². The largest absolute Gasteiger partial charge is 0.480 e. The number of rotatable bonds is 6. The van der Waals surface area contributed by atoms with Crippen molar-refractivity contribution in [3.05, 3.63) is 35.9 Å². The van der Waals surface area contributed by atoms with E-state index in [1.165, 1.54) is 16.9 Å². The Hall–Kier alpha value is -2.64. The molecule has 0 aliphatic carbocycles. The second-order valence-corrected chi connectivity index (χ2v) is 4.58. The summed E-state index contributed by atoms with van der Waals surface area (Å²) < 4.78 is 2.98. The van der Waals surface area contributed by atoms with E-state index in [0.29, 0.717) is 0 Å². The van der Waals surface area contributed by atoms with E-state index in [-0.39, 0.29) is 24.2 Å². The van der Waals surface area contributed by atoms with Crippen LogP contribution in [0.4, 0.5) is 0 Å². The number of carboxylic acid groups (broad SMARTS) is 1. The maximum atomic E-state index is 12.0. The van der Waals surface area contributed by atoms with Crippen molar-refractivity contribution in [3.8, 4) is 0 Å². The normalized spacial score (nSPS) is 12.1. The van der Waals surface area contributed by atoms with Crippen LogP contribution in [-0.4, -0.2) is 36.5 Å². The quantitative estimate of drug-likeness (QED) is 0.814. The molecule has 21 heavy (non-hydrogen) atoms. The number of carbonyl (C=O) groups is 2. The Labute approximate surface area is 121 Å². The fourth-order valence-electron chi connectivity index (χ4n) is 1.84. The van der Waals surface area contributed by atoms with E-state index in [9.17, 15) is 9.59 Å². The van der Waals surface area contributed by atoms with Crippen LogP contribution in [-0.2, 0) is 17.9 Å². The molecule has 1 amide bonds. The lowest BCUT2D eigenvalue weighted by molar-refractivity contribution is -0.137. The smallest absolute Gasteiger partial charge is 0.325 e. The van der Waals surface area contributed by atoms with Crippen LogP contribution in [0, 0.1) is 0 Å². The summed E-state index contributed by atoms with van der Waals surface area (Å²) in [4.78, 5) is 22.6. The third-order valence-corrected chi connectivity index (χ3v) is 2.95. The molecule has 8 nitrogen and oxygen atoms in total. The first kappa shape index (κ1) is 14.8. The number of nitrogens with zero attached hydrogens (tertiary/aromatic N) is 4. The fourth-order valence-corrected chi connectivity index (χ4v) is 1.84. The number of carboxylic acids is 1. The van der Waals surface area contributed by atoms with E-state index in [2.05, 4.69) is 15.5 Å². The van der Waals surface area contributed by atoms with Gasteiger partial charge >= 0.3 is 5.97 Å². The van der Waals surface area contributed by atoms with Crippen molar-refractivity contribution in [1.29, 1.82) is 0 Å². The lowest BCUT2D eigenvalue weighted by atomic mass is 10.2. The SMILES string of the molecule is CCn1ccc(C(C)NC(=O)c2ccn(CC(=O)O)n2)n1. The second kappa shape index (κ2) is 6.21. The van der Waals surface area contributed by atoms with E-state index in [1.54, 1.807) is 4.68 Å². The van der Waals surface area contributed by atoms with Crippen LogP contribution < -0.4 is 5.32 Å². The summed E-state index contributed by atoms with van der Waals surface area (Å²) in [6.45, 7) is 4.30. The number of aromatic nitrogens is 4. The van der Waals surface area contributed by atoms with Crippen LogP contribution in [0.5, 0.6) is 0 Å². The molecule has 0 saturated heterocycles. The highest BCUT2D eigenvalue weighted by Gasteiger charge is 2.16. The average Bonchev–Trinajstić information content (AvgIpc) is 3.06. The van der Waals surface area contributed by atoms with Crippen LogP contribution in [0.1, 0.15) is 36.1 Å². The molecule has 0 spiro atoms. The predicted molar refractivity (Wildman–Crippen MR) is 73.6 cm³/mol. The minimum Gasteiger partial charge on any atom is -0.480 e. The minimum atomic E-state index is -1.01. The molecule has 0 fully saturated rings. The first-order chi connectivity index (χ1) is 9.99. The van der Waals surface area contributed by atoms with Gasteiger partial charge in [0.1, 0.15) is 12.2 Å². The van der Waals surface area contributed by atoms with Crippen molar-refractivity contribution >= 4 is 11.9 Å². The van der Waals surface area contributed by atoms with E-state index < -0.39 is 5.97 Å². The fraction of sp³-hybridized carbons (Fsp3) is 0.385.